The van der Waals surface area contributed by atoms with E-state index in [1.807, 2.05) is 0 Å². The van der Waals surface area contributed by atoms with E-state index < -0.39 is 12.0 Å². The molecule has 0 aromatic heterocycles. The van der Waals surface area contributed by atoms with Gasteiger partial charge in [0.15, 0.2) is 0 Å². The number of carbonyl (C=O) groups is 1. The van der Waals surface area contributed by atoms with Crippen molar-refractivity contribution in [3.63, 3.8) is 0 Å². The molecule has 0 aliphatic carbocycles. The summed E-state index contributed by atoms with van der Waals surface area (Å²) in [5.41, 5.74) is 6.09. The predicted octanol–water partition coefficient (Wildman–Crippen LogP) is 2.65. The van der Waals surface area contributed by atoms with Crippen LogP contribution in [0.1, 0.15) is 24.9 Å². The van der Waals surface area contributed by atoms with Gasteiger partial charge in [-0.1, -0.05) is 23.2 Å². The summed E-state index contributed by atoms with van der Waals surface area (Å²) in [5.74, 6) is -0.565. The van der Waals surface area contributed by atoms with Gasteiger partial charge >= 0.3 is 5.97 Å². The third-order valence-corrected chi connectivity index (χ3v) is 2.67. The summed E-state index contributed by atoms with van der Waals surface area (Å²) >= 11 is 11.6. The number of nitrogens with two attached hydrogens (primary N) is 1. The third kappa shape index (κ3) is 3.77. The topological polar surface area (TPSA) is 72.5 Å². The van der Waals surface area contributed by atoms with Crippen molar-refractivity contribution in [3.05, 3.63) is 27.7 Å². The second kappa shape index (κ2) is 6.10. The van der Waals surface area contributed by atoms with Crippen molar-refractivity contribution in [2.45, 2.75) is 19.4 Å². The van der Waals surface area contributed by atoms with Crippen molar-refractivity contribution < 1.29 is 14.6 Å². The summed E-state index contributed by atoms with van der Waals surface area (Å²) in [7, 11) is 0. The molecule has 1 aromatic carbocycles. The van der Waals surface area contributed by atoms with Gasteiger partial charge in [0.1, 0.15) is 5.75 Å². The first-order valence-corrected chi connectivity index (χ1v) is 5.80. The van der Waals surface area contributed by atoms with Gasteiger partial charge < -0.3 is 15.6 Å². The van der Waals surface area contributed by atoms with Gasteiger partial charge in [-0.05, 0) is 19.1 Å². The number of benzene rings is 1. The Morgan fingerprint density at radius 2 is 2.18 bits per heavy atom. The minimum Gasteiger partial charge on any atom is -0.508 e. The fourth-order valence-electron chi connectivity index (χ4n) is 1.44. The predicted molar refractivity (Wildman–Crippen MR) is 66.3 cm³/mol. The van der Waals surface area contributed by atoms with Crippen molar-refractivity contribution in [2.24, 2.45) is 5.73 Å². The maximum Gasteiger partial charge on any atom is 0.307 e. The Bertz CT molecular complexity index is 400. The van der Waals surface area contributed by atoms with Crippen LogP contribution in [0.2, 0.25) is 10.0 Å². The number of phenolic OH excluding ortho intramolecular Hbond substituents is 1. The molecule has 0 saturated carbocycles. The van der Waals surface area contributed by atoms with Gasteiger partial charge in [0.2, 0.25) is 0 Å². The Hall–Kier alpha value is -0.970. The van der Waals surface area contributed by atoms with E-state index in [-0.39, 0.29) is 23.8 Å². The first-order valence-electron chi connectivity index (χ1n) is 5.04. The van der Waals surface area contributed by atoms with Crippen molar-refractivity contribution in [1.82, 2.24) is 0 Å². The smallest absolute Gasteiger partial charge is 0.307 e. The molecule has 0 aliphatic rings. The Morgan fingerprint density at radius 1 is 1.53 bits per heavy atom. The lowest BCUT2D eigenvalue weighted by molar-refractivity contribution is -0.143. The molecular weight excluding hydrogens is 265 g/mol. The molecule has 0 fully saturated rings. The van der Waals surface area contributed by atoms with Crippen LogP contribution in [0.4, 0.5) is 0 Å². The summed E-state index contributed by atoms with van der Waals surface area (Å²) in [5, 5.41) is 10.2. The Labute approximate surface area is 109 Å². The summed E-state index contributed by atoms with van der Waals surface area (Å²) in [6.45, 7) is 1.99. The average Bonchev–Trinajstić information content (AvgIpc) is 2.15. The summed E-state index contributed by atoms with van der Waals surface area (Å²) in [4.78, 5) is 11.3. The number of hydrogen-bond acceptors (Lipinski definition) is 4. The van der Waals surface area contributed by atoms with Crippen LogP contribution < -0.4 is 5.73 Å². The molecule has 0 saturated heterocycles. The standard InChI is InChI=1S/C11H13Cl2NO3/c1-2-17-10(16)5-8(14)11-7(13)3-6(12)4-9(11)15/h3-4,8,15H,2,5,14H2,1H3/t8-/m0/s1. The molecule has 17 heavy (non-hydrogen) atoms. The molecule has 3 N–H and O–H groups in total. The first kappa shape index (κ1) is 14.1. The Balaban J connectivity index is 2.89. The van der Waals surface area contributed by atoms with E-state index in [4.69, 9.17) is 33.7 Å². The van der Waals surface area contributed by atoms with Gasteiger partial charge in [-0.15, -0.1) is 0 Å². The van der Waals surface area contributed by atoms with Gasteiger partial charge in [0, 0.05) is 16.6 Å². The van der Waals surface area contributed by atoms with Crippen LogP contribution >= 0.6 is 23.2 Å². The highest BCUT2D eigenvalue weighted by atomic mass is 35.5. The molecule has 94 valence electrons. The molecule has 0 unspecified atom stereocenters. The van der Waals surface area contributed by atoms with Crippen molar-refractivity contribution in [1.29, 1.82) is 0 Å². The number of ether oxygens (including phenoxy) is 1. The van der Waals surface area contributed by atoms with Gasteiger partial charge in [-0.2, -0.15) is 0 Å². The van der Waals surface area contributed by atoms with Gasteiger partial charge in [0.05, 0.1) is 18.1 Å². The highest BCUT2D eigenvalue weighted by Gasteiger charge is 2.19. The second-order valence-corrected chi connectivity index (χ2v) is 4.28. The monoisotopic (exact) mass is 277 g/mol. The zero-order valence-electron chi connectivity index (χ0n) is 9.24. The number of halogens is 2. The summed E-state index contributed by atoms with van der Waals surface area (Å²) in [6, 6.07) is 2.07. The van der Waals surface area contributed by atoms with Gasteiger partial charge in [0.25, 0.3) is 0 Å². The van der Waals surface area contributed by atoms with Crippen molar-refractivity contribution in [2.75, 3.05) is 6.61 Å². The minimum atomic E-state index is -0.723. The fourth-order valence-corrected chi connectivity index (χ4v) is 2.06. The SMILES string of the molecule is CCOC(=O)C[C@H](N)c1c(O)cc(Cl)cc1Cl. The summed E-state index contributed by atoms with van der Waals surface area (Å²) < 4.78 is 4.77. The van der Waals surface area contributed by atoms with Crippen LogP contribution in [0.3, 0.4) is 0 Å². The number of rotatable bonds is 4. The normalized spacial score (nSPS) is 12.2. The van der Waals surface area contributed by atoms with Crippen molar-refractivity contribution >= 4 is 29.2 Å². The van der Waals surface area contributed by atoms with Crippen LogP contribution in [-0.4, -0.2) is 17.7 Å². The highest BCUT2D eigenvalue weighted by Crippen LogP contribution is 2.34. The number of carbonyl (C=O) groups excluding carboxylic acids is 1. The molecule has 1 aromatic rings. The molecule has 4 nitrogen and oxygen atoms in total. The lowest BCUT2D eigenvalue weighted by Gasteiger charge is -2.14. The van der Waals surface area contributed by atoms with Gasteiger partial charge in [-0.25, -0.2) is 0 Å². The van der Waals surface area contributed by atoms with Crippen LogP contribution in [0, 0.1) is 0 Å². The number of hydrogen-bond donors (Lipinski definition) is 2. The minimum absolute atomic E-state index is 0.0528. The zero-order chi connectivity index (χ0) is 13.0. The Kier molecular flexibility index (Phi) is 5.05. The molecule has 0 radical (unpaired) electrons. The largest absolute Gasteiger partial charge is 0.508 e. The lowest BCUT2D eigenvalue weighted by Crippen LogP contribution is -2.17. The quantitative estimate of drug-likeness (QED) is 0.830. The molecule has 6 heteroatoms. The van der Waals surface area contributed by atoms with Crippen LogP contribution in [-0.2, 0) is 9.53 Å². The van der Waals surface area contributed by atoms with Crippen molar-refractivity contribution in [3.8, 4) is 5.75 Å². The van der Waals surface area contributed by atoms with E-state index >= 15 is 0 Å². The van der Waals surface area contributed by atoms with E-state index in [1.165, 1.54) is 12.1 Å². The molecule has 0 bridgehead atoms. The first-order chi connectivity index (χ1) is 7.95. The molecular formula is C11H13Cl2NO3. The third-order valence-electron chi connectivity index (χ3n) is 2.14. The fraction of sp³-hybridized carbons (Fsp3) is 0.364. The summed E-state index contributed by atoms with van der Waals surface area (Å²) in [6.07, 6.45) is -0.0528. The molecule has 1 rings (SSSR count). The molecule has 0 amide bonds. The van der Waals surface area contributed by atoms with E-state index in [2.05, 4.69) is 0 Å². The lowest BCUT2D eigenvalue weighted by atomic mass is 10.0. The average molecular weight is 278 g/mol. The van der Waals surface area contributed by atoms with Gasteiger partial charge in [-0.3, -0.25) is 4.79 Å². The van der Waals surface area contributed by atoms with E-state index in [0.29, 0.717) is 10.6 Å². The molecule has 1 atom stereocenters. The Morgan fingerprint density at radius 3 is 2.71 bits per heavy atom. The van der Waals surface area contributed by atoms with Crippen LogP contribution in [0.15, 0.2) is 12.1 Å². The number of phenols is 1. The second-order valence-electron chi connectivity index (χ2n) is 3.44. The number of esters is 1. The van der Waals surface area contributed by atoms with E-state index in [1.54, 1.807) is 6.92 Å². The van der Waals surface area contributed by atoms with E-state index in [0.717, 1.165) is 0 Å². The molecule has 0 spiro atoms. The zero-order valence-corrected chi connectivity index (χ0v) is 10.8. The highest BCUT2D eigenvalue weighted by molar-refractivity contribution is 6.35. The molecule has 0 heterocycles. The molecule has 0 aliphatic heterocycles. The van der Waals surface area contributed by atoms with Crippen LogP contribution in [0.5, 0.6) is 5.75 Å². The van der Waals surface area contributed by atoms with E-state index in [9.17, 15) is 9.90 Å². The number of aromatic hydroxyl groups is 1. The maximum atomic E-state index is 11.3. The maximum absolute atomic E-state index is 11.3. The van der Waals surface area contributed by atoms with Crippen LogP contribution in [0.25, 0.3) is 0 Å².